The molecule has 0 saturated carbocycles. The van der Waals surface area contributed by atoms with Crippen LogP contribution in [0.5, 0.6) is 0 Å². The van der Waals surface area contributed by atoms with E-state index >= 15 is 0 Å². The maximum Gasteiger partial charge on any atom is 0.163 e. The largest absolute Gasteiger partial charge is 0.744 e. The van der Waals surface area contributed by atoms with E-state index in [2.05, 4.69) is 0 Å². The van der Waals surface area contributed by atoms with E-state index in [1.54, 1.807) is 0 Å². The molecule has 10 heteroatoms. The highest BCUT2D eigenvalue weighted by Gasteiger charge is 2.18. The van der Waals surface area contributed by atoms with Crippen molar-refractivity contribution in [1.82, 2.24) is 0 Å². The maximum absolute atomic E-state index is 11.9. The lowest BCUT2D eigenvalue weighted by molar-refractivity contribution is 0.0982. The smallest absolute Gasteiger partial charge is 0.163 e. The predicted octanol–water partition coefficient (Wildman–Crippen LogP) is 1.96. The average molecular weight is 410 g/mol. The van der Waals surface area contributed by atoms with E-state index in [1.807, 2.05) is 0 Å². The van der Waals surface area contributed by atoms with E-state index in [9.17, 15) is 35.5 Å². The van der Waals surface area contributed by atoms with Gasteiger partial charge in [-0.05, 0) is 42.3 Å². The normalized spacial score (nSPS) is 12.0. The average Bonchev–Trinajstić information content (AvgIpc) is 2.58. The van der Waals surface area contributed by atoms with Crippen LogP contribution in [0.15, 0.2) is 46.2 Å². The Balaban J connectivity index is 2.76. The Kier molecular flexibility index (Phi) is 5.66. The van der Waals surface area contributed by atoms with Crippen LogP contribution >= 0.6 is 0 Å². The van der Waals surface area contributed by atoms with Crippen molar-refractivity contribution in [3.63, 3.8) is 0 Å². The summed E-state index contributed by atoms with van der Waals surface area (Å²) in [5.41, 5.74) is -0.386. The molecule has 144 valence electrons. The van der Waals surface area contributed by atoms with Crippen LogP contribution < -0.4 is 0 Å². The van der Waals surface area contributed by atoms with Crippen molar-refractivity contribution in [2.45, 2.75) is 30.1 Å². The zero-order valence-corrected chi connectivity index (χ0v) is 15.9. The fraction of sp³-hybridized carbons (Fsp3) is 0.176. The highest BCUT2D eigenvalue weighted by Crippen LogP contribution is 2.29. The van der Waals surface area contributed by atoms with E-state index in [4.69, 9.17) is 0 Å². The van der Waals surface area contributed by atoms with Gasteiger partial charge < -0.3 is 9.11 Å². The van der Waals surface area contributed by atoms with E-state index in [0.29, 0.717) is 0 Å². The number of rotatable bonds is 6. The van der Waals surface area contributed by atoms with Crippen molar-refractivity contribution in [2.24, 2.45) is 0 Å². The molecule has 0 N–H and O–H groups in total. The van der Waals surface area contributed by atoms with Crippen LogP contribution in [0.2, 0.25) is 0 Å². The molecule has 0 fully saturated rings. The first kappa shape index (κ1) is 20.9. The Bertz CT molecular complexity index is 1150. The van der Waals surface area contributed by atoms with Crippen LogP contribution in [-0.4, -0.2) is 37.5 Å². The molecule has 0 radical (unpaired) electrons. The van der Waals surface area contributed by atoms with Crippen LogP contribution in [0.4, 0.5) is 0 Å². The number of Topliss-reactive ketones (excluding diaryl/α,β-unsaturated/α-hetero) is 2. The second kappa shape index (κ2) is 7.31. The summed E-state index contributed by atoms with van der Waals surface area (Å²) in [5.74, 6) is -1.19. The second-order valence-corrected chi connectivity index (χ2v) is 8.36. The summed E-state index contributed by atoms with van der Waals surface area (Å²) in [5, 5.41) is 0. The van der Waals surface area contributed by atoms with Crippen molar-refractivity contribution in [3.8, 4) is 11.1 Å². The Morgan fingerprint density at radius 3 is 1.59 bits per heavy atom. The van der Waals surface area contributed by atoms with Gasteiger partial charge in [0.15, 0.2) is 11.6 Å². The Morgan fingerprint density at radius 1 is 0.815 bits per heavy atom. The molecule has 2 aromatic rings. The van der Waals surface area contributed by atoms with E-state index < -0.39 is 41.6 Å². The van der Waals surface area contributed by atoms with E-state index in [1.165, 1.54) is 19.1 Å². The topological polar surface area (TPSA) is 149 Å². The molecule has 0 aliphatic rings. The quantitative estimate of drug-likeness (QED) is 0.518. The van der Waals surface area contributed by atoms with Gasteiger partial charge in [0.05, 0.1) is 9.79 Å². The monoisotopic (exact) mass is 410 g/mol. The molecule has 0 atom stereocenters. The first-order valence-electron chi connectivity index (χ1n) is 7.60. The van der Waals surface area contributed by atoms with Gasteiger partial charge in [-0.1, -0.05) is 19.1 Å². The summed E-state index contributed by atoms with van der Waals surface area (Å²) >= 11 is 0. The van der Waals surface area contributed by atoms with Gasteiger partial charge in [0.2, 0.25) is 0 Å². The van der Waals surface area contributed by atoms with E-state index in [0.717, 1.165) is 31.2 Å². The standard InChI is InChI=1S/C17H16O8S2/c1-3-15(19)14-7-5-12(9-17(14)27(23,24)25)11-4-6-13(10(2)18)16(8-11)26(20,21)22/h4-9H,3H2,1-2H3,(H,20,21,22)(H,23,24,25)/p-2. The summed E-state index contributed by atoms with van der Waals surface area (Å²) < 4.78 is 68.9. The molecular weight excluding hydrogens is 396 g/mol. The first-order chi connectivity index (χ1) is 12.4. The highest BCUT2D eigenvalue weighted by atomic mass is 32.2. The number of benzene rings is 2. The van der Waals surface area contributed by atoms with Gasteiger partial charge in [-0.25, -0.2) is 16.8 Å². The summed E-state index contributed by atoms with van der Waals surface area (Å²) in [4.78, 5) is 21.9. The third kappa shape index (κ3) is 4.48. The van der Waals surface area contributed by atoms with Gasteiger partial charge in [0, 0.05) is 17.5 Å². The molecule has 0 saturated heterocycles. The molecule has 27 heavy (non-hydrogen) atoms. The number of ketones is 2. The lowest BCUT2D eigenvalue weighted by Gasteiger charge is -2.16. The van der Waals surface area contributed by atoms with Gasteiger partial charge >= 0.3 is 0 Å². The second-order valence-electron chi connectivity index (χ2n) is 5.66. The van der Waals surface area contributed by atoms with Crippen molar-refractivity contribution < 1.29 is 35.5 Å². The molecule has 0 unspecified atom stereocenters. The minimum atomic E-state index is -4.98. The zero-order chi connectivity index (χ0) is 20.6. The van der Waals surface area contributed by atoms with Crippen molar-refractivity contribution in [2.75, 3.05) is 0 Å². The van der Waals surface area contributed by atoms with Crippen LogP contribution in [0.25, 0.3) is 11.1 Å². The van der Waals surface area contributed by atoms with Crippen molar-refractivity contribution >= 4 is 31.8 Å². The molecule has 0 bridgehead atoms. The zero-order valence-electron chi connectivity index (χ0n) is 14.3. The summed E-state index contributed by atoms with van der Waals surface area (Å²) in [6.07, 6.45) is -0.0201. The molecule has 0 aromatic heterocycles. The Labute approximate surface area is 156 Å². The van der Waals surface area contributed by atoms with Gasteiger partial charge in [0.25, 0.3) is 0 Å². The summed E-state index contributed by atoms with van der Waals surface area (Å²) in [6.45, 7) is 2.60. The lowest BCUT2D eigenvalue weighted by Crippen LogP contribution is -2.09. The minimum absolute atomic E-state index is 0.0201. The SMILES string of the molecule is CCC(=O)c1ccc(-c2ccc(C(C)=O)c(S(=O)(=O)[O-])c2)cc1S(=O)(=O)[O-]. The van der Waals surface area contributed by atoms with Gasteiger partial charge in [0.1, 0.15) is 20.2 Å². The molecular formula is C17H14O8S2-2. The van der Waals surface area contributed by atoms with Crippen molar-refractivity contribution in [1.29, 1.82) is 0 Å². The Morgan fingerprint density at radius 2 is 1.22 bits per heavy atom. The van der Waals surface area contributed by atoms with Gasteiger partial charge in [-0.2, -0.15) is 0 Å². The fourth-order valence-corrected chi connectivity index (χ4v) is 4.00. The first-order valence-corrected chi connectivity index (χ1v) is 10.4. The number of hydrogen-bond acceptors (Lipinski definition) is 8. The number of carbonyl (C=O) groups is 2. The van der Waals surface area contributed by atoms with Crippen LogP contribution in [0.3, 0.4) is 0 Å². The summed E-state index contributed by atoms with van der Waals surface area (Å²) in [7, 11) is -9.96. The number of carbonyl (C=O) groups excluding carboxylic acids is 2. The minimum Gasteiger partial charge on any atom is -0.744 e. The molecule has 2 rings (SSSR count). The molecule has 0 aliphatic carbocycles. The predicted molar refractivity (Wildman–Crippen MR) is 92.4 cm³/mol. The Hall–Kier alpha value is -2.40. The van der Waals surface area contributed by atoms with Crippen LogP contribution in [0.1, 0.15) is 41.0 Å². The molecule has 0 aliphatic heterocycles. The third-order valence-electron chi connectivity index (χ3n) is 3.84. The van der Waals surface area contributed by atoms with Gasteiger partial charge in [-0.3, -0.25) is 9.59 Å². The highest BCUT2D eigenvalue weighted by molar-refractivity contribution is 7.86. The maximum atomic E-state index is 11.9. The molecule has 8 nitrogen and oxygen atoms in total. The molecule has 0 spiro atoms. The van der Waals surface area contributed by atoms with E-state index in [-0.39, 0.29) is 28.7 Å². The molecule has 2 aromatic carbocycles. The summed E-state index contributed by atoms with van der Waals surface area (Å²) in [6, 6.07) is 6.77. The number of hydrogen-bond donors (Lipinski definition) is 0. The van der Waals surface area contributed by atoms with Crippen molar-refractivity contribution in [3.05, 3.63) is 47.5 Å². The van der Waals surface area contributed by atoms with Crippen LogP contribution in [0, 0.1) is 0 Å². The molecule has 0 amide bonds. The van der Waals surface area contributed by atoms with Gasteiger partial charge in [-0.15, -0.1) is 0 Å². The molecule has 0 heterocycles. The fourth-order valence-electron chi connectivity index (χ4n) is 2.53. The van der Waals surface area contributed by atoms with Crippen LogP contribution in [-0.2, 0) is 20.2 Å². The lowest BCUT2D eigenvalue weighted by atomic mass is 10.00. The third-order valence-corrected chi connectivity index (χ3v) is 5.59.